The Morgan fingerprint density at radius 3 is 2.52 bits per heavy atom. The number of ketones is 1. The van der Waals surface area contributed by atoms with Crippen LogP contribution in [-0.2, 0) is 0 Å². The van der Waals surface area contributed by atoms with E-state index < -0.39 is 17.9 Å². The van der Waals surface area contributed by atoms with E-state index in [9.17, 15) is 14.0 Å². The van der Waals surface area contributed by atoms with Crippen molar-refractivity contribution in [3.8, 4) is 0 Å². The van der Waals surface area contributed by atoms with Gasteiger partial charge in [0.15, 0.2) is 5.78 Å². The molecule has 23 heavy (non-hydrogen) atoms. The Hall–Kier alpha value is -2.95. The van der Waals surface area contributed by atoms with Gasteiger partial charge in [0.25, 0.3) is 0 Å². The molecule has 0 saturated heterocycles. The summed E-state index contributed by atoms with van der Waals surface area (Å²) in [6.07, 6.45) is 0. The molecule has 116 valence electrons. The molecule has 1 atom stereocenters. The highest BCUT2D eigenvalue weighted by atomic mass is 19.1. The van der Waals surface area contributed by atoms with E-state index in [0.29, 0.717) is 22.4 Å². The highest BCUT2D eigenvalue weighted by Gasteiger charge is 2.31. The van der Waals surface area contributed by atoms with E-state index in [2.05, 4.69) is 10.6 Å². The second kappa shape index (κ2) is 6.04. The van der Waals surface area contributed by atoms with Crippen LogP contribution in [0.3, 0.4) is 0 Å². The summed E-state index contributed by atoms with van der Waals surface area (Å²) in [5, 5.41) is 5.30. The predicted octanol–water partition coefficient (Wildman–Crippen LogP) is 3.34. The molecule has 1 aliphatic heterocycles. The minimum absolute atomic E-state index is 0.204. The average molecular weight is 310 g/mol. The van der Waals surface area contributed by atoms with Gasteiger partial charge in [-0.1, -0.05) is 42.5 Å². The van der Waals surface area contributed by atoms with E-state index in [1.165, 1.54) is 12.1 Å². The van der Waals surface area contributed by atoms with Crippen LogP contribution in [0, 0.1) is 5.82 Å². The van der Waals surface area contributed by atoms with Crippen molar-refractivity contribution in [3.63, 3.8) is 0 Å². The van der Waals surface area contributed by atoms with Crippen molar-refractivity contribution in [3.05, 3.63) is 82.8 Å². The largest absolute Gasteiger partial charge is 0.327 e. The van der Waals surface area contributed by atoms with Gasteiger partial charge in [0.05, 0.1) is 6.04 Å². The zero-order valence-corrected chi connectivity index (χ0v) is 12.5. The number of carbonyl (C=O) groups excluding carboxylic acids is 2. The van der Waals surface area contributed by atoms with Gasteiger partial charge >= 0.3 is 6.03 Å². The zero-order valence-electron chi connectivity index (χ0n) is 12.5. The van der Waals surface area contributed by atoms with Crippen LogP contribution in [0.15, 0.2) is 65.9 Å². The fourth-order valence-electron chi connectivity index (χ4n) is 2.68. The number of carbonyl (C=O) groups is 2. The Kier molecular flexibility index (Phi) is 3.93. The molecule has 0 unspecified atom stereocenters. The molecule has 0 aromatic heterocycles. The summed E-state index contributed by atoms with van der Waals surface area (Å²) in [6.45, 7) is 1.67. The summed E-state index contributed by atoms with van der Waals surface area (Å²) >= 11 is 0. The number of rotatable bonds is 3. The Morgan fingerprint density at radius 2 is 1.83 bits per heavy atom. The van der Waals surface area contributed by atoms with Gasteiger partial charge in [0.1, 0.15) is 5.82 Å². The molecule has 1 heterocycles. The quantitative estimate of drug-likeness (QED) is 0.854. The zero-order chi connectivity index (χ0) is 16.4. The van der Waals surface area contributed by atoms with Crippen molar-refractivity contribution in [2.24, 2.45) is 0 Å². The number of benzene rings is 2. The van der Waals surface area contributed by atoms with E-state index in [4.69, 9.17) is 0 Å². The fourth-order valence-corrected chi connectivity index (χ4v) is 2.68. The van der Waals surface area contributed by atoms with Crippen LogP contribution < -0.4 is 10.6 Å². The maximum atomic E-state index is 13.5. The van der Waals surface area contributed by atoms with Gasteiger partial charge < -0.3 is 10.6 Å². The predicted molar refractivity (Wildman–Crippen MR) is 84.3 cm³/mol. The molecule has 2 aromatic carbocycles. The maximum Gasteiger partial charge on any atom is 0.319 e. The first kappa shape index (κ1) is 15.0. The van der Waals surface area contributed by atoms with Crippen LogP contribution in [0.5, 0.6) is 0 Å². The molecular formula is C18H15FN2O2. The van der Waals surface area contributed by atoms with Crippen LogP contribution >= 0.6 is 0 Å². The van der Waals surface area contributed by atoms with Gasteiger partial charge in [0, 0.05) is 16.8 Å². The number of amides is 2. The van der Waals surface area contributed by atoms with E-state index in [1.54, 1.807) is 43.3 Å². The van der Waals surface area contributed by atoms with Crippen LogP contribution in [0.25, 0.3) is 0 Å². The number of urea groups is 1. The first-order valence-electron chi connectivity index (χ1n) is 7.20. The van der Waals surface area contributed by atoms with Gasteiger partial charge in [-0.3, -0.25) is 4.79 Å². The standard InChI is InChI=1S/C18H15FN2O2/c1-11-15(17(22)12-6-3-2-4-7-12)16(21-18(23)20-11)13-8-5-9-14(19)10-13/h2-10,16H,1H3,(H2,20,21,23)/t16-/m1/s1. The molecule has 4 nitrogen and oxygen atoms in total. The SMILES string of the molecule is CC1=C(C(=O)c2ccccc2)[C@@H](c2cccc(F)c2)NC(=O)N1. The molecule has 0 aliphatic carbocycles. The fraction of sp³-hybridized carbons (Fsp3) is 0.111. The monoisotopic (exact) mass is 310 g/mol. The van der Waals surface area contributed by atoms with E-state index in [1.807, 2.05) is 6.07 Å². The summed E-state index contributed by atoms with van der Waals surface area (Å²) in [6, 6.07) is 13.6. The Balaban J connectivity index is 2.08. The third-order valence-corrected chi connectivity index (χ3v) is 3.73. The summed E-state index contributed by atoms with van der Waals surface area (Å²) in [7, 11) is 0. The molecule has 2 N–H and O–H groups in total. The third-order valence-electron chi connectivity index (χ3n) is 3.73. The lowest BCUT2D eigenvalue weighted by Crippen LogP contribution is -2.45. The van der Waals surface area contributed by atoms with Gasteiger partial charge in [-0.25, -0.2) is 9.18 Å². The van der Waals surface area contributed by atoms with Crippen molar-refractivity contribution >= 4 is 11.8 Å². The lowest BCUT2D eigenvalue weighted by atomic mass is 9.89. The molecule has 0 fully saturated rings. The molecular weight excluding hydrogens is 295 g/mol. The Morgan fingerprint density at radius 1 is 1.09 bits per heavy atom. The van der Waals surface area contributed by atoms with Crippen molar-refractivity contribution in [2.75, 3.05) is 0 Å². The van der Waals surface area contributed by atoms with Gasteiger partial charge in [-0.2, -0.15) is 0 Å². The molecule has 0 spiro atoms. The van der Waals surface area contributed by atoms with Crippen LogP contribution in [0.4, 0.5) is 9.18 Å². The summed E-state index contributed by atoms with van der Waals surface area (Å²) < 4.78 is 13.5. The number of nitrogens with one attached hydrogen (secondary N) is 2. The topological polar surface area (TPSA) is 58.2 Å². The number of hydrogen-bond acceptors (Lipinski definition) is 2. The van der Waals surface area contributed by atoms with Gasteiger partial charge in [-0.05, 0) is 24.6 Å². The van der Waals surface area contributed by atoms with E-state index in [0.717, 1.165) is 0 Å². The molecule has 0 bridgehead atoms. The van der Waals surface area contributed by atoms with Crippen LogP contribution in [-0.4, -0.2) is 11.8 Å². The molecule has 2 amide bonds. The molecule has 5 heteroatoms. The minimum Gasteiger partial charge on any atom is -0.327 e. The third kappa shape index (κ3) is 2.99. The molecule has 0 saturated carbocycles. The highest BCUT2D eigenvalue weighted by molar-refractivity contribution is 6.11. The average Bonchev–Trinajstić information content (AvgIpc) is 2.54. The molecule has 2 aromatic rings. The van der Waals surface area contributed by atoms with Gasteiger partial charge in [-0.15, -0.1) is 0 Å². The first-order chi connectivity index (χ1) is 11.1. The second-order valence-electron chi connectivity index (χ2n) is 5.32. The minimum atomic E-state index is -0.688. The van der Waals surface area contributed by atoms with Crippen molar-refractivity contribution in [2.45, 2.75) is 13.0 Å². The lowest BCUT2D eigenvalue weighted by molar-refractivity contribution is 0.102. The summed E-state index contributed by atoms with van der Waals surface area (Å²) in [5.74, 6) is -0.621. The second-order valence-corrected chi connectivity index (χ2v) is 5.32. The van der Waals surface area contributed by atoms with Gasteiger partial charge in [0.2, 0.25) is 0 Å². The van der Waals surface area contributed by atoms with Crippen LogP contribution in [0.2, 0.25) is 0 Å². The normalized spacial score (nSPS) is 17.5. The first-order valence-corrected chi connectivity index (χ1v) is 7.20. The van der Waals surface area contributed by atoms with E-state index in [-0.39, 0.29) is 5.78 Å². The molecule has 1 aliphatic rings. The molecule has 0 radical (unpaired) electrons. The summed E-state index contributed by atoms with van der Waals surface area (Å²) in [4.78, 5) is 24.6. The van der Waals surface area contributed by atoms with Crippen molar-refractivity contribution < 1.29 is 14.0 Å². The smallest absolute Gasteiger partial charge is 0.319 e. The Bertz CT molecular complexity index is 800. The number of Topliss-reactive ketones (excluding diaryl/α,β-unsaturated/α-hetero) is 1. The highest BCUT2D eigenvalue weighted by Crippen LogP contribution is 2.29. The Labute approximate surface area is 133 Å². The lowest BCUT2D eigenvalue weighted by Gasteiger charge is -2.28. The molecule has 3 rings (SSSR count). The number of allylic oxidation sites excluding steroid dienone is 1. The number of hydrogen-bond donors (Lipinski definition) is 2. The summed E-state index contributed by atoms with van der Waals surface area (Å²) in [5.41, 5.74) is 1.91. The van der Waals surface area contributed by atoms with E-state index >= 15 is 0 Å². The van der Waals surface area contributed by atoms with Crippen LogP contribution in [0.1, 0.15) is 28.9 Å². The van der Waals surface area contributed by atoms with Crippen molar-refractivity contribution in [1.29, 1.82) is 0 Å². The maximum absolute atomic E-state index is 13.5. The number of halogens is 1. The van der Waals surface area contributed by atoms with Crippen molar-refractivity contribution in [1.82, 2.24) is 10.6 Å².